The summed E-state index contributed by atoms with van der Waals surface area (Å²) in [7, 11) is 0. The lowest BCUT2D eigenvalue weighted by Crippen LogP contribution is -2.04. The van der Waals surface area contributed by atoms with Crippen molar-refractivity contribution in [2.24, 2.45) is 0 Å². The molecule has 0 aliphatic carbocycles. The third kappa shape index (κ3) is 2.97. The average molecular weight is 371 g/mol. The van der Waals surface area contributed by atoms with Crippen LogP contribution in [0.5, 0.6) is 0 Å². The van der Waals surface area contributed by atoms with Crippen molar-refractivity contribution in [3.05, 3.63) is 65.6 Å². The predicted molar refractivity (Wildman–Crippen MR) is 89.3 cm³/mol. The first kappa shape index (κ1) is 17.0. The van der Waals surface area contributed by atoms with Gasteiger partial charge < -0.3 is 4.52 Å². The monoisotopic (exact) mass is 371 g/mol. The van der Waals surface area contributed by atoms with Crippen molar-refractivity contribution in [3.63, 3.8) is 0 Å². The topological polar surface area (TPSA) is 69.6 Å². The molecule has 0 amide bonds. The van der Waals surface area contributed by atoms with Gasteiger partial charge in [-0.05, 0) is 36.8 Å². The molecule has 9 heteroatoms. The summed E-state index contributed by atoms with van der Waals surface area (Å²) in [6, 6.07) is 9.07. The van der Waals surface area contributed by atoms with E-state index in [9.17, 15) is 13.2 Å². The molecular weight excluding hydrogens is 359 g/mol. The Bertz CT molecular complexity index is 1120. The molecule has 6 nitrogen and oxygen atoms in total. The van der Waals surface area contributed by atoms with Gasteiger partial charge in [-0.1, -0.05) is 29.4 Å². The first-order valence-corrected chi connectivity index (χ1v) is 8.07. The van der Waals surface area contributed by atoms with E-state index in [0.29, 0.717) is 12.1 Å². The summed E-state index contributed by atoms with van der Waals surface area (Å²) < 4.78 is 47.9. The first-order chi connectivity index (χ1) is 13.1. The zero-order chi connectivity index (χ0) is 19.0. The summed E-state index contributed by atoms with van der Waals surface area (Å²) in [5, 5.41) is 11.7. The molecule has 2 aromatic heterocycles. The zero-order valence-electron chi connectivity index (χ0n) is 14.0. The molecule has 4 rings (SSSR count). The van der Waals surface area contributed by atoms with Crippen LogP contribution in [0.2, 0.25) is 0 Å². The molecule has 0 fully saturated rings. The van der Waals surface area contributed by atoms with E-state index in [1.807, 2.05) is 6.92 Å². The number of halogens is 3. The van der Waals surface area contributed by atoms with Crippen molar-refractivity contribution >= 4 is 0 Å². The quantitative estimate of drug-likeness (QED) is 0.543. The van der Waals surface area contributed by atoms with Crippen molar-refractivity contribution in [1.82, 2.24) is 25.1 Å². The molecule has 2 heterocycles. The number of benzene rings is 2. The normalized spacial score (nSPS) is 11.1. The van der Waals surface area contributed by atoms with Crippen LogP contribution in [-0.4, -0.2) is 25.1 Å². The standard InChI is InChI=1S/C18H12F3N5O/c1-2-14-16(23-25-26(14)15-6-4-3-5-13(15)21)18-22-17(24-27-18)11-9-10(19)7-8-12(11)20/h3-9H,2H2,1H3. The van der Waals surface area contributed by atoms with Crippen molar-refractivity contribution in [1.29, 1.82) is 0 Å². The second kappa shape index (κ2) is 6.67. The lowest BCUT2D eigenvalue weighted by atomic mass is 10.2. The average Bonchev–Trinajstić information content (AvgIpc) is 3.30. The van der Waals surface area contributed by atoms with E-state index in [-0.39, 0.29) is 28.7 Å². The molecule has 0 N–H and O–H groups in total. The highest BCUT2D eigenvalue weighted by molar-refractivity contribution is 5.60. The summed E-state index contributed by atoms with van der Waals surface area (Å²) in [4.78, 5) is 4.10. The minimum atomic E-state index is -0.686. The lowest BCUT2D eigenvalue weighted by Gasteiger charge is -2.05. The number of rotatable bonds is 4. The van der Waals surface area contributed by atoms with Gasteiger partial charge in [-0.3, -0.25) is 0 Å². The van der Waals surface area contributed by atoms with E-state index in [4.69, 9.17) is 4.52 Å². The molecule has 2 aromatic carbocycles. The number of aromatic nitrogens is 5. The van der Waals surface area contributed by atoms with Crippen LogP contribution in [0.25, 0.3) is 28.7 Å². The molecule has 136 valence electrons. The molecule has 0 saturated carbocycles. The van der Waals surface area contributed by atoms with Gasteiger partial charge in [0.25, 0.3) is 5.89 Å². The highest BCUT2D eigenvalue weighted by atomic mass is 19.1. The van der Waals surface area contributed by atoms with E-state index in [0.717, 1.165) is 18.2 Å². The second-order valence-electron chi connectivity index (χ2n) is 5.65. The molecule has 0 atom stereocenters. The van der Waals surface area contributed by atoms with E-state index in [1.165, 1.54) is 10.7 Å². The Hall–Kier alpha value is -3.49. The molecule has 27 heavy (non-hydrogen) atoms. The minimum absolute atomic E-state index is 0.0203. The fourth-order valence-corrected chi connectivity index (χ4v) is 2.70. The smallest absolute Gasteiger partial charge is 0.280 e. The molecule has 0 aliphatic rings. The van der Waals surface area contributed by atoms with Gasteiger partial charge >= 0.3 is 0 Å². The van der Waals surface area contributed by atoms with E-state index >= 15 is 0 Å². The Balaban J connectivity index is 1.79. The SMILES string of the molecule is CCc1c(-c2nc(-c3cc(F)ccc3F)no2)nnn1-c1ccccc1F. The number of para-hydroxylation sites is 1. The Morgan fingerprint density at radius 3 is 2.63 bits per heavy atom. The third-order valence-electron chi connectivity index (χ3n) is 3.98. The van der Waals surface area contributed by atoms with Crippen molar-refractivity contribution in [2.45, 2.75) is 13.3 Å². The minimum Gasteiger partial charge on any atom is -0.332 e. The molecule has 0 unspecified atom stereocenters. The predicted octanol–water partition coefficient (Wildman–Crippen LogP) is 3.96. The van der Waals surface area contributed by atoms with E-state index in [1.54, 1.807) is 18.2 Å². The highest BCUT2D eigenvalue weighted by Gasteiger charge is 2.22. The van der Waals surface area contributed by atoms with Gasteiger partial charge in [0, 0.05) is 0 Å². The summed E-state index contributed by atoms with van der Waals surface area (Å²) in [6.45, 7) is 1.84. The first-order valence-electron chi connectivity index (χ1n) is 8.07. The van der Waals surface area contributed by atoms with Gasteiger partial charge in [0.15, 0.2) is 5.69 Å². The molecule has 4 aromatic rings. The van der Waals surface area contributed by atoms with Crippen molar-refractivity contribution in [3.8, 4) is 28.7 Å². The molecule has 0 aliphatic heterocycles. The van der Waals surface area contributed by atoms with Crippen LogP contribution in [0.3, 0.4) is 0 Å². The molecule has 0 saturated heterocycles. The molecular formula is C18H12F3N5O. The third-order valence-corrected chi connectivity index (χ3v) is 3.98. The Kier molecular flexibility index (Phi) is 4.19. The summed E-state index contributed by atoms with van der Waals surface area (Å²) >= 11 is 0. The van der Waals surface area contributed by atoms with Crippen LogP contribution in [0.4, 0.5) is 13.2 Å². The van der Waals surface area contributed by atoms with Crippen LogP contribution in [-0.2, 0) is 6.42 Å². The van der Waals surface area contributed by atoms with Crippen molar-refractivity contribution in [2.75, 3.05) is 0 Å². The molecule has 0 radical (unpaired) electrons. The van der Waals surface area contributed by atoms with Crippen LogP contribution in [0, 0.1) is 17.5 Å². The van der Waals surface area contributed by atoms with Crippen molar-refractivity contribution < 1.29 is 17.7 Å². The van der Waals surface area contributed by atoms with Gasteiger partial charge in [0.05, 0.1) is 11.3 Å². The molecule has 0 spiro atoms. The van der Waals surface area contributed by atoms with Crippen LogP contribution < -0.4 is 0 Å². The summed E-state index contributed by atoms with van der Waals surface area (Å²) in [5.74, 6) is -1.92. The highest BCUT2D eigenvalue weighted by Crippen LogP contribution is 2.27. The van der Waals surface area contributed by atoms with Gasteiger partial charge in [0.2, 0.25) is 5.82 Å². The van der Waals surface area contributed by atoms with Gasteiger partial charge in [-0.25, -0.2) is 17.9 Å². The van der Waals surface area contributed by atoms with Gasteiger partial charge in [-0.2, -0.15) is 4.98 Å². The zero-order valence-corrected chi connectivity index (χ0v) is 14.0. The maximum atomic E-state index is 14.1. The Labute approximate surface area is 151 Å². The van der Waals surface area contributed by atoms with Crippen LogP contribution in [0.1, 0.15) is 12.6 Å². The van der Waals surface area contributed by atoms with Crippen LogP contribution in [0.15, 0.2) is 47.0 Å². The number of hydrogen-bond donors (Lipinski definition) is 0. The molecule has 0 bridgehead atoms. The largest absolute Gasteiger partial charge is 0.332 e. The van der Waals surface area contributed by atoms with Gasteiger partial charge in [-0.15, -0.1) is 5.10 Å². The maximum absolute atomic E-state index is 14.1. The summed E-state index contributed by atoms with van der Waals surface area (Å²) in [5.41, 5.74) is 0.875. The maximum Gasteiger partial charge on any atom is 0.280 e. The fourth-order valence-electron chi connectivity index (χ4n) is 2.70. The van der Waals surface area contributed by atoms with E-state index in [2.05, 4.69) is 20.5 Å². The second-order valence-corrected chi connectivity index (χ2v) is 5.65. The fraction of sp³-hybridized carbons (Fsp3) is 0.111. The number of nitrogens with zero attached hydrogens (tertiary/aromatic N) is 5. The summed E-state index contributed by atoms with van der Waals surface area (Å²) in [6.07, 6.45) is 0.447. The van der Waals surface area contributed by atoms with Crippen LogP contribution >= 0.6 is 0 Å². The van der Waals surface area contributed by atoms with Gasteiger partial charge in [0.1, 0.15) is 23.1 Å². The number of hydrogen-bond acceptors (Lipinski definition) is 5. The lowest BCUT2D eigenvalue weighted by molar-refractivity contribution is 0.430. The van der Waals surface area contributed by atoms with E-state index < -0.39 is 17.5 Å². The Morgan fingerprint density at radius 1 is 1.04 bits per heavy atom. The Morgan fingerprint density at radius 2 is 1.85 bits per heavy atom.